The number of hydrogen-bond donors (Lipinski definition) is 2. The minimum Gasteiger partial charge on any atom is -0.337 e. The maximum Gasteiger partial charge on any atom is 0.257 e. The fourth-order valence-electron chi connectivity index (χ4n) is 1.90. The van der Waals surface area contributed by atoms with Crippen LogP contribution in [0.1, 0.15) is 15.9 Å². The van der Waals surface area contributed by atoms with Gasteiger partial charge in [-0.1, -0.05) is 23.7 Å². The Labute approximate surface area is 136 Å². The Hall–Kier alpha value is -1.63. The Morgan fingerprint density at radius 1 is 1.48 bits per heavy atom. The highest BCUT2D eigenvalue weighted by Crippen LogP contribution is 2.20. The van der Waals surface area contributed by atoms with Crippen molar-refractivity contribution in [3.05, 3.63) is 57.2 Å². The van der Waals surface area contributed by atoms with Crippen LogP contribution < -0.4 is 11.3 Å². The summed E-state index contributed by atoms with van der Waals surface area (Å²) >= 11 is 9.25. The van der Waals surface area contributed by atoms with Crippen molar-refractivity contribution < 1.29 is 4.79 Å². The summed E-state index contributed by atoms with van der Waals surface area (Å²) in [5.41, 5.74) is 3.78. The third-order valence-corrected chi connectivity index (χ3v) is 3.55. The lowest BCUT2D eigenvalue weighted by Gasteiger charge is -2.19. The van der Waals surface area contributed by atoms with Crippen LogP contribution in [0.25, 0.3) is 0 Å². The van der Waals surface area contributed by atoms with E-state index < -0.39 is 0 Å². The van der Waals surface area contributed by atoms with E-state index >= 15 is 0 Å². The summed E-state index contributed by atoms with van der Waals surface area (Å²) in [4.78, 5) is 18.2. The topological polar surface area (TPSA) is 71.2 Å². The smallest absolute Gasteiger partial charge is 0.257 e. The molecule has 1 amide bonds. The summed E-state index contributed by atoms with van der Waals surface area (Å²) in [5.74, 6) is 5.55. The highest BCUT2D eigenvalue weighted by molar-refractivity contribution is 9.10. The second-order valence-corrected chi connectivity index (χ2v) is 5.84. The predicted molar refractivity (Wildman–Crippen MR) is 87.0 cm³/mol. The molecule has 0 bridgehead atoms. The molecule has 0 aliphatic carbocycles. The van der Waals surface area contributed by atoms with E-state index in [9.17, 15) is 4.79 Å². The standard InChI is InChI=1S/C14H14BrClN4O/c1-20(8-9-3-2-4-11(16)5-9)14(21)12-6-10(15)7-18-13(12)19-17/h2-7H,8,17H2,1H3,(H,18,19). The molecule has 110 valence electrons. The van der Waals surface area contributed by atoms with Gasteiger partial charge >= 0.3 is 0 Å². The normalized spacial score (nSPS) is 10.3. The Morgan fingerprint density at radius 3 is 2.90 bits per heavy atom. The predicted octanol–water partition coefficient (Wildman–Crippen LogP) is 3.06. The molecule has 2 aromatic rings. The third-order valence-electron chi connectivity index (χ3n) is 2.88. The lowest BCUT2D eigenvalue weighted by molar-refractivity contribution is 0.0785. The Kier molecular flexibility index (Phi) is 5.17. The fraction of sp³-hybridized carbons (Fsp3) is 0.143. The van der Waals surface area contributed by atoms with Crippen LogP contribution in [-0.2, 0) is 6.54 Å². The first-order chi connectivity index (χ1) is 10.0. The van der Waals surface area contributed by atoms with E-state index in [0.29, 0.717) is 27.4 Å². The Balaban J connectivity index is 2.21. The van der Waals surface area contributed by atoms with Gasteiger partial charge in [-0.05, 0) is 39.7 Å². The van der Waals surface area contributed by atoms with Gasteiger partial charge in [-0.25, -0.2) is 10.8 Å². The summed E-state index contributed by atoms with van der Waals surface area (Å²) in [6, 6.07) is 9.06. The van der Waals surface area contributed by atoms with Crippen molar-refractivity contribution in [2.75, 3.05) is 12.5 Å². The number of hydrazine groups is 1. The van der Waals surface area contributed by atoms with Gasteiger partial charge in [-0.3, -0.25) is 4.79 Å². The number of pyridine rings is 1. The van der Waals surface area contributed by atoms with Crippen molar-refractivity contribution >= 4 is 39.3 Å². The molecular weight excluding hydrogens is 356 g/mol. The Bertz CT molecular complexity index is 665. The van der Waals surface area contributed by atoms with Gasteiger partial charge in [0.1, 0.15) is 0 Å². The van der Waals surface area contributed by atoms with Crippen LogP contribution in [0.3, 0.4) is 0 Å². The molecule has 0 spiro atoms. The molecule has 3 N–H and O–H groups in total. The number of aromatic nitrogens is 1. The summed E-state index contributed by atoms with van der Waals surface area (Å²) in [5, 5.41) is 0.641. The molecular formula is C14H14BrClN4O. The molecule has 0 aliphatic rings. The van der Waals surface area contributed by atoms with Crippen LogP contribution >= 0.6 is 27.5 Å². The number of amides is 1. The van der Waals surface area contributed by atoms with E-state index in [4.69, 9.17) is 17.4 Å². The largest absolute Gasteiger partial charge is 0.337 e. The molecule has 0 atom stereocenters. The van der Waals surface area contributed by atoms with Crippen molar-refractivity contribution in [3.8, 4) is 0 Å². The minimum absolute atomic E-state index is 0.184. The number of rotatable bonds is 4. The van der Waals surface area contributed by atoms with E-state index in [1.165, 1.54) is 0 Å². The first-order valence-corrected chi connectivity index (χ1v) is 7.30. The van der Waals surface area contributed by atoms with Crippen molar-refractivity contribution in [2.24, 2.45) is 5.84 Å². The molecule has 5 nitrogen and oxygen atoms in total. The van der Waals surface area contributed by atoms with Crippen LogP contribution in [0.4, 0.5) is 5.82 Å². The number of anilines is 1. The number of carbonyl (C=O) groups is 1. The number of nitrogens with two attached hydrogens (primary N) is 1. The van der Waals surface area contributed by atoms with Crippen molar-refractivity contribution in [2.45, 2.75) is 6.54 Å². The summed E-state index contributed by atoms with van der Waals surface area (Å²) in [6.07, 6.45) is 1.57. The van der Waals surface area contributed by atoms with Gasteiger partial charge in [0, 0.05) is 29.3 Å². The number of benzene rings is 1. The SMILES string of the molecule is CN(Cc1cccc(Cl)c1)C(=O)c1cc(Br)cnc1NN. The Morgan fingerprint density at radius 2 is 2.24 bits per heavy atom. The average molecular weight is 370 g/mol. The van der Waals surface area contributed by atoms with Gasteiger partial charge < -0.3 is 10.3 Å². The van der Waals surface area contributed by atoms with E-state index in [2.05, 4.69) is 26.3 Å². The third kappa shape index (κ3) is 3.93. The van der Waals surface area contributed by atoms with E-state index in [-0.39, 0.29) is 5.91 Å². The number of hydrogen-bond acceptors (Lipinski definition) is 4. The molecule has 0 saturated carbocycles. The average Bonchev–Trinajstić information content (AvgIpc) is 2.46. The van der Waals surface area contributed by atoms with Crippen LogP contribution in [0.15, 0.2) is 41.0 Å². The van der Waals surface area contributed by atoms with Gasteiger partial charge in [0.2, 0.25) is 0 Å². The van der Waals surface area contributed by atoms with E-state index in [0.717, 1.165) is 5.56 Å². The van der Waals surface area contributed by atoms with E-state index in [1.807, 2.05) is 18.2 Å². The number of halogens is 2. The summed E-state index contributed by atoms with van der Waals surface area (Å²) in [6.45, 7) is 0.440. The van der Waals surface area contributed by atoms with Gasteiger partial charge in [0.15, 0.2) is 5.82 Å². The molecule has 21 heavy (non-hydrogen) atoms. The highest BCUT2D eigenvalue weighted by atomic mass is 79.9. The summed E-state index contributed by atoms with van der Waals surface area (Å²) < 4.78 is 0.709. The molecule has 1 aromatic heterocycles. The number of nitrogens with zero attached hydrogens (tertiary/aromatic N) is 2. The van der Waals surface area contributed by atoms with Crippen LogP contribution in [0.2, 0.25) is 5.02 Å². The van der Waals surface area contributed by atoms with Crippen molar-refractivity contribution in [1.29, 1.82) is 0 Å². The zero-order valence-electron chi connectivity index (χ0n) is 11.3. The van der Waals surface area contributed by atoms with Crippen LogP contribution in [0, 0.1) is 0 Å². The summed E-state index contributed by atoms with van der Waals surface area (Å²) in [7, 11) is 1.71. The number of nitrogen functional groups attached to an aromatic ring is 1. The zero-order chi connectivity index (χ0) is 15.4. The highest BCUT2D eigenvalue weighted by Gasteiger charge is 2.17. The molecule has 0 unspecified atom stereocenters. The molecule has 0 radical (unpaired) electrons. The van der Waals surface area contributed by atoms with Crippen LogP contribution in [0.5, 0.6) is 0 Å². The van der Waals surface area contributed by atoms with Gasteiger partial charge in [-0.2, -0.15) is 0 Å². The quantitative estimate of drug-likeness (QED) is 0.642. The molecule has 7 heteroatoms. The number of nitrogens with one attached hydrogen (secondary N) is 1. The molecule has 1 aromatic carbocycles. The molecule has 1 heterocycles. The van der Waals surface area contributed by atoms with Crippen LogP contribution in [-0.4, -0.2) is 22.8 Å². The van der Waals surface area contributed by atoms with Crippen molar-refractivity contribution in [1.82, 2.24) is 9.88 Å². The fourth-order valence-corrected chi connectivity index (χ4v) is 2.45. The second kappa shape index (κ2) is 6.89. The van der Waals surface area contributed by atoms with Crippen molar-refractivity contribution in [3.63, 3.8) is 0 Å². The maximum absolute atomic E-state index is 12.5. The molecule has 2 rings (SSSR count). The lowest BCUT2D eigenvalue weighted by atomic mass is 10.2. The molecule has 0 fully saturated rings. The van der Waals surface area contributed by atoms with Gasteiger partial charge in [-0.15, -0.1) is 0 Å². The molecule has 0 aliphatic heterocycles. The number of carbonyl (C=O) groups excluding carboxylic acids is 1. The van der Waals surface area contributed by atoms with Gasteiger partial charge in [0.05, 0.1) is 5.56 Å². The monoisotopic (exact) mass is 368 g/mol. The first-order valence-electron chi connectivity index (χ1n) is 6.13. The molecule has 0 saturated heterocycles. The zero-order valence-corrected chi connectivity index (χ0v) is 13.6. The second-order valence-electron chi connectivity index (χ2n) is 4.49. The first kappa shape index (κ1) is 15.8. The van der Waals surface area contributed by atoms with Gasteiger partial charge in [0.25, 0.3) is 5.91 Å². The maximum atomic E-state index is 12.5. The lowest BCUT2D eigenvalue weighted by Crippen LogP contribution is -2.28. The van der Waals surface area contributed by atoms with E-state index in [1.54, 1.807) is 30.3 Å². The minimum atomic E-state index is -0.184.